The average molecular weight is 453 g/mol. The van der Waals surface area contributed by atoms with Crippen LogP contribution in [0.25, 0.3) is 0 Å². The van der Waals surface area contributed by atoms with E-state index in [9.17, 15) is 8.42 Å². The van der Waals surface area contributed by atoms with Gasteiger partial charge in [0.1, 0.15) is 5.82 Å². The number of hydrogen-bond acceptors (Lipinski definition) is 3. The largest absolute Gasteiger partial charge is 0.263 e. The number of aryl methyl sites for hydroxylation is 1. The minimum atomic E-state index is -3.59. The normalized spacial score (nSPS) is 11.3. The second-order valence-corrected chi connectivity index (χ2v) is 7.61. The molecule has 0 amide bonds. The third kappa shape index (κ3) is 3.67. The van der Waals surface area contributed by atoms with Crippen LogP contribution >= 0.6 is 38.5 Å². The van der Waals surface area contributed by atoms with Gasteiger partial charge in [0.15, 0.2) is 0 Å². The van der Waals surface area contributed by atoms with Gasteiger partial charge in [-0.2, -0.15) is 0 Å². The van der Waals surface area contributed by atoms with Gasteiger partial charge in [-0.1, -0.05) is 0 Å². The van der Waals surface area contributed by atoms with Crippen molar-refractivity contribution in [3.8, 4) is 0 Å². The highest BCUT2D eigenvalue weighted by atomic mass is 127. The molecule has 0 unspecified atom stereocenters. The Bertz CT molecular complexity index is 702. The standard InChI is InChI=1S/C12H10BrIN2O2S/c1-8-11(13)6-7-12(15-8)16-19(17,18)10-4-2-9(14)3-5-10/h2-7H,1H3,(H,15,16). The Morgan fingerprint density at radius 1 is 1.16 bits per heavy atom. The molecular formula is C12H10BrIN2O2S. The lowest BCUT2D eigenvalue weighted by molar-refractivity contribution is 0.601. The molecule has 7 heteroatoms. The van der Waals surface area contributed by atoms with E-state index in [0.29, 0.717) is 5.82 Å². The molecule has 19 heavy (non-hydrogen) atoms. The van der Waals surface area contributed by atoms with Gasteiger partial charge in [0.25, 0.3) is 10.0 Å². The van der Waals surface area contributed by atoms with Crippen LogP contribution in [0.2, 0.25) is 0 Å². The van der Waals surface area contributed by atoms with Gasteiger partial charge in [-0.25, -0.2) is 13.4 Å². The SMILES string of the molecule is Cc1nc(NS(=O)(=O)c2ccc(I)cc2)ccc1Br. The molecule has 0 fully saturated rings. The van der Waals surface area contributed by atoms with Gasteiger partial charge in [0.2, 0.25) is 0 Å². The van der Waals surface area contributed by atoms with E-state index in [1.807, 2.05) is 0 Å². The van der Waals surface area contributed by atoms with E-state index in [1.54, 1.807) is 43.3 Å². The fourth-order valence-corrected chi connectivity index (χ4v) is 2.99. The molecule has 1 heterocycles. The summed E-state index contributed by atoms with van der Waals surface area (Å²) >= 11 is 5.44. The third-order valence-corrected chi connectivity index (χ3v) is 5.31. The topological polar surface area (TPSA) is 59.1 Å². The number of pyridine rings is 1. The Morgan fingerprint density at radius 3 is 2.37 bits per heavy atom. The van der Waals surface area contributed by atoms with Crippen molar-refractivity contribution < 1.29 is 8.42 Å². The Hall–Kier alpha value is -0.670. The summed E-state index contributed by atoms with van der Waals surface area (Å²) in [4.78, 5) is 4.38. The molecule has 100 valence electrons. The lowest BCUT2D eigenvalue weighted by atomic mass is 10.4. The van der Waals surface area contributed by atoms with Crippen molar-refractivity contribution in [3.05, 3.63) is 50.1 Å². The fourth-order valence-electron chi connectivity index (χ4n) is 1.41. The van der Waals surface area contributed by atoms with Crippen molar-refractivity contribution in [1.82, 2.24) is 4.98 Å². The second kappa shape index (κ2) is 5.76. The summed E-state index contributed by atoms with van der Waals surface area (Å²) in [6, 6.07) is 9.99. The van der Waals surface area contributed by atoms with E-state index < -0.39 is 10.0 Å². The van der Waals surface area contributed by atoms with Gasteiger partial charge < -0.3 is 0 Å². The molecule has 0 atom stereocenters. The van der Waals surface area contributed by atoms with Crippen molar-refractivity contribution in [2.45, 2.75) is 11.8 Å². The fraction of sp³-hybridized carbons (Fsp3) is 0.0833. The lowest BCUT2D eigenvalue weighted by Gasteiger charge is -2.08. The summed E-state index contributed by atoms with van der Waals surface area (Å²) < 4.78 is 28.6. The van der Waals surface area contributed by atoms with Crippen molar-refractivity contribution >= 4 is 54.4 Å². The highest BCUT2D eigenvalue weighted by Crippen LogP contribution is 2.19. The molecule has 0 spiro atoms. The van der Waals surface area contributed by atoms with Crippen LogP contribution in [0.4, 0.5) is 5.82 Å². The molecule has 2 aromatic rings. The highest BCUT2D eigenvalue weighted by molar-refractivity contribution is 14.1. The first-order chi connectivity index (χ1) is 8.88. The minimum absolute atomic E-state index is 0.218. The molecular weight excluding hydrogens is 443 g/mol. The zero-order chi connectivity index (χ0) is 14.0. The zero-order valence-electron chi connectivity index (χ0n) is 9.89. The van der Waals surface area contributed by atoms with Gasteiger partial charge in [-0.05, 0) is 81.8 Å². The van der Waals surface area contributed by atoms with Gasteiger partial charge >= 0.3 is 0 Å². The van der Waals surface area contributed by atoms with Crippen LogP contribution in [0.5, 0.6) is 0 Å². The zero-order valence-corrected chi connectivity index (χ0v) is 14.5. The third-order valence-electron chi connectivity index (χ3n) is 2.38. The number of nitrogens with zero attached hydrogens (tertiary/aromatic N) is 1. The monoisotopic (exact) mass is 452 g/mol. The van der Waals surface area contributed by atoms with Crippen LogP contribution < -0.4 is 4.72 Å². The van der Waals surface area contributed by atoms with Crippen LogP contribution in [0.1, 0.15) is 5.69 Å². The number of anilines is 1. The summed E-state index contributed by atoms with van der Waals surface area (Å²) in [7, 11) is -3.59. The maximum absolute atomic E-state index is 12.1. The van der Waals surface area contributed by atoms with Crippen LogP contribution in [-0.4, -0.2) is 13.4 Å². The Kier molecular flexibility index (Phi) is 4.46. The number of nitrogens with one attached hydrogen (secondary N) is 1. The quantitative estimate of drug-likeness (QED) is 0.724. The van der Waals surface area contributed by atoms with Gasteiger partial charge in [-0.15, -0.1) is 0 Å². The van der Waals surface area contributed by atoms with Crippen molar-refractivity contribution in [2.75, 3.05) is 4.72 Å². The van der Waals surface area contributed by atoms with E-state index >= 15 is 0 Å². The predicted molar refractivity (Wildman–Crippen MR) is 86.6 cm³/mol. The van der Waals surface area contributed by atoms with Crippen molar-refractivity contribution in [1.29, 1.82) is 0 Å². The molecule has 0 saturated heterocycles. The van der Waals surface area contributed by atoms with Crippen LogP contribution in [-0.2, 0) is 10.0 Å². The number of aromatic nitrogens is 1. The number of rotatable bonds is 3. The number of halogens is 2. The van der Waals surface area contributed by atoms with Crippen molar-refractivity contribution in [2.24, 2.45) is 0 Å². The molecule has 1 aromatic heterocycles. The molecule has 0 saturated carbocycles. The average Bonchev–Trinajstić information content (AvgIpc) is 2.34. The van der Waals surface area contributed by atoms with E-state index in [-0.39, 0.29) is 4.90 Å². The van der Waals surface area contributed by atoms with E-state index in [4.69, 9.17) is 0 Å². The summed E-state index contributed by atoms with van der Waals surface area (Å²) in [5.41, 5.74) is 0.725. The summed E-state index contributed by atoms with van der Waals surface area (Å²) in [6.45, 7) is 1.80. The van der Waals surface area contributed by atoms with Gasteiger partial charge in [0.05, 0.1) is 10.6 Å². The van der Waals surface area contributed by atoms with E-state index in [1.165, 1.54) is 0 Å². The molecule has 0 aliphatic carbocycles. The second-order valence-electron chi connectivity index (χ2n) is 3.82. The first-order valence-electron chi connectivity index (χ1n) is 5.30. The van der Waals surface area contributed by atoms with Gasteiger partial charge in [-0.3, -0.25) is 4.72 Å². The molecule has 4 nitrogen and oxygen atoms in total. The Morgan fingerprint density at radius 2 is 1.79 bits per heavy atom. The lowest BCUT2D eigenvalue weighted by Crippen LogP contribution is -2.14. The van der Waals surface area contributed by atoms with Crippen molar-refractivity contribution in [3.63, 3.8) is 0 Å². The number of benzene rings is 1. The molecule has 0 aliphatic rings. The molecule has 0 radical (unpaired) electrons. The molecule has 2 rings (SSSR count). The predicted octanol–water partition coefficient (Wildman–Crippen LogP) is 3.56. The van der Waals surface area contributed by atoms with E-state index in [2.05, 4.69) is 48.2 Å². The number of sulfonamides is 1. The maximum Gasteiger partial charge on any atom is 0.263 e. The first-order valence-corrected chi connectivity index (χ1v) is 8.65. The maximum atomic E-state index is 12.1. The summed E-state index contributed by atoms with van der Waals surface area (Å²) in [5, 5.41) is 0. The highest BCUT2D eigenvalue weighted by Gasteiger charge is 2.14. The molecule has 0 aliphatic heterocycles. The van der Waals surface area contributed by atoms with Crippen LogP contribution in [0.3, 0.4) is 0 Å². The first kappa shape index (κ1) is 14.7. The smallest absolute Gasteiger partial charge is 0.263 e. The van der Waals surface area contributed by atoms with E-state index in [0.717, 1.165) is 13.7 Å². The van der Waals surface area contributed by atoms with Gasteiger partial charge in [0, 0.05) is 8.04 Å². The Balaban J connectivity index is 2.30. The summed E-state index contributed by atoms with van der Waals surface area (Å²) in [5.74, 6) is 0.305. The molecule has 1 N–H and O–H groups in total. The van der Waals surface area contributed by atoms with Crippen LogP contribution in [0.15, 0.2) is 45.8 Å². The van der Waals surface area contributed by atoms with Crippen LogP contribution in [0, 0.1) is 10.5 Å². The number of hydrogen-bond donors (Lipinski definition) is 1. The molecule has 0 bridgehead atoms. The Labute approximate surface area is 134 Å². The minimum Gasteiger partial charge on any atom is -0.263 e. The summed E-state index contributed by atoms with van der Waals surface area (Å²) in [6.07, 6.45) is 0. The molecule has 1 aromatic carbocycles.